The van der Waals surface area contributed by atoms with Gasteiger partial charge in [0, 0.05) is 5.39 Å². The molecule has 0 saturated heterocycles. The highest BCUT2D eigenvalue weighted by atomic mass is 19.1. The number of benzene rings is 3. The molecule has 4 rings (SSSR count). The minimum atomic E-state index is -0.684. The Hall–Kier alpha value is -4.13. The van der Waals surface area contributed by atoms with E-state index in [-0.39, 0.29) is 23.7 Å². The van der Waals surface area contributed by atoms with E-state index >= 15 is 0 Å². The normalized spacial score (nSPS) is 10.6. The number of furan rings is 1. The monoisotopic (exact) mass is 418 g/mol. The summed E-state index contributed by atoms with van der Waals surface area (Å²) in [5.41, 5.74) is 1.62. The first-order valence-electron chi connectivity index (χ1n) is 9.58. The molecule has 0 spiro atoms. The fourth-order valence-electron chi connectivity index (χ4n) is 3.10. The number of ether oxygens (including phenoxy) is 1. The molecule has 2 N–H and O–H groups in total. The fraction of sp³-hybridized carbons (Fsp3) is 0.0833. The maximum Gasteiger partial charge on any atom is 0.293 e. The molecule has 31 heavy (non-hydrogen) atoms. The van der Waals surface area contributed by atoms with Crippen LogP contribution in [0.2, 0.25) is 0 Å². The summed E-state index contributed by atoms with van der Waals surface area (Å²) in [5, 5.41) is 5.71. The van der Waals surface area contributed by atoms with E-state index in [9.17, 15) is 14.0 Å². The van der Waals surface area contributed by atoms with Gasteiger partial charge in [-0.2, -0.15) is 0 Å². The maximum absolute atomic E-state index is 13.9. The summed E-state index contributed by atoms with van der Waals surface area (Å²) in [6.07, 6.45) is 0. The van der Waals surface area contributed by atoms with Gasteiger partial charge in [0.05, 0.1) is 5.69 Å². The van der Waals surface area contributed by atoms with Crippen LogP contribution in [0.5, 0.6) is 5.75 Å². The largest absolute Gasteiger partial charge is 0.484 e. The number of fused-ring (bicyclic) bond motifs is 1. The molecule has 7 heteroatoms. The first-order chi connectivity index (χ1) is 15.0. The Bertz CT molecular complexity index is 1270. The number of aryl methyl sites for hydroxylation is 1. The van der Waals surface area contributed by atoms with E-state index in [2.05, 4.69) is 10.6 Å². The molecule has 0 fully saturated rings. The Kier molecular flexibility index (Phi) is 5.66. The van der Waals surface area contributed by atoms with Gasteiger partial charge in [-0.15, -0.1) is 0 Å². The van der Waals surface area contributed by atoms with Gasteiger partial charge >= 0.3 is 0 Å². The van der Waals surface area contributed by atoms with E-state index in [1.807, 2.05) is 25.1 Å². The Labute approximate surface area is 177 Å². The van der Waals surface area contributed by atoms with E-state index in [0.29, 0.717) is 16.7 Å². The molecule has 6 nitrogen and oxygen atoms in total. The molecule has 1 heterocycles. The van der Waals surface area contributed by atoms with Crippen molar-refractivity contribution in [1.29, 1.82) is 0 Å². The lowest BCUT2D eigenvalue weighted by Gasteiger charge is -2.09. The maximum atomic E-state index is 13.9. The average Bonchev–Trinajstić information content (AvgIpc) is 3.12. The molecule has 0 aliphatic rings. The summed E-state index contributed by atoms with van der Waals surface area (Å²) < 4.78 is 25.1. The molecule has 0 saturated carbocycles. The third-order valence-corrected chi connectivity index (χ3v) is 4.55. The van der Waals surface area contributed by atoms with Crippen LogP contribution in [0.15, 0.2) is 77.2 Å². The molecule has 0 aliphatic carbocycles. The zero-order chi connectivity index (χ0) is 21.8. The number of hydrogen-bond donors (Lipinski definition) is 2. The van der Waals surface area contributed by atoms with Crippen molar-refractivity contribution in [2.24, 2.45) is 0 Å². The SMILES string of the molecule is Cc1cccc(OCC(=O)Nc2c(C(=O)Nc3ccccc3F)oc3ccccc23)c1. The molecule has 0 bridgehead atoms. The van der Waals surface area contributed by atoms with Gasteiger partial charge in [0.25, 0.3) is 11.8 Å². The molecule has 0 unspecified atom stereocenters. The Morgan fingerprint density at radius 2 is 1.74 bits per heavy atom. The number of anilines is 2. The third kappa shape index (κ3) is 4.56. The molecular formula is C24H19FN2O4. The van der Waals surface area contributed by atoms with Crippen LogP contribution in [0.3, 0.4) is 0 Å². The van der Waals surface area contributed by atoms with Gasteiger partial charge < -0.3 is 19.8 Å². The van der Waals surface area contributed by atoms with E-state index in [0.717, 1.165) is 5.56 Å². The molecule has 1 aromatic heterocycles. The summed E-state index contributed by atoms with van der Waals surface area (Å²) in [4.78, 5) is 25.3. The number of carbonyl (C=O) groups excluding carboxylic acids is 2. The van der Waals surface area contributed by atoms with Crippen molar-refractivity contribution in [3.63, 3.8) is 0 Å². The summed E-state index contributed by atoms with van der Waals surface area (Å²) >= 11 is 0. The average molecular weight is 418 g/mol. The highest BCUT2D eigenvalue weighted by molar-refractivity contribution is 6.14. The smallest absolute Gasteiger partial charge is 0.293 e. The Morgan fingerprint density at radius 1 is 0.968 bits per heavy atom. The first-order valence-corrected chi connectivity index (χ1v) is 9.58. The Morgan fingerprint density at radius 3 is 2.55 bits per heavy atom. The molecule has 2 amide bonds. The molecular weight excluding hydrogens is 399 g/mol. The van der Waals surface area contributed by atoms with Crippen LogP contribution < -0.4 is 15.4 Å². The molecule has 0 radical (unpaired) electrons. The molecule has 3 aromatic carbocycles. The van der Waals surface area contributed by atoms with Crippen molar-refractivity contribution in [2.45, 2.75) is 6.92 Å². The van der Waals surface area contributed by atoms with E-state index in [4.69, 9.17) is 9.15 Å². The topological polar surface area (TPSA) is 80.6 Å². The van der Waals surface area contributed by atoms with Gasteiger partial charge in [-0.05, 0) is 48.9 Å². The van der Waals surface area contributed by atoms with Crippen LogP contribution in [0.25, 0.3) is 11.0 Å². The van der Waals surface area contributed by atoms with Crippen molar-refractivity contribution in [1.82, 2.24) is 0 Å². The fourth-order valence-corrected chi connectivity index (χ4v) is 3.10. The summed E-state index contributed by atoms with van der Waals surface area (Å²) in [6, 6.07) is 20.0. The summed E-state index contributed by atoms with van der Waals surface area (Å²) in [7, 11) is 0. The highest BCUT2D eigenvalue weighted by Crippen LogP contribution is 2.31. The second-order valence-corrected chi connectivity index (χ2v) is 6.89. The van der Waals surface area contributed by atoms with Gasteiger partial charge in [0.2, 0.25) is 5.76 Å². The van der Waals surface area contributed by atoms with Crippen molar-refractivity contribution in [3.8, 4) is 5.75 Å². The molecule has 0 atom stereocenters. The minimum Gasteiger partial charge on any atom is -0.484 e. The van der Waals surface area contributed by atoms with Gasteiger partial charge in [-0.1, -0.05) is 36.4 Å². The lowest BCUT2D eigenvalue weighted by atomic mass is 10.2. The zero-order valence-corrected chi connectivity index (χ0v) is 16.6. The van der Waals surface area contributed by atoms with Gasteiger partial charge in [-0.25, -0.2) is 4.39 Å². The standard InChI is InChI=1S/C24H19FN2O4/c1-15-7-6-8-16(13-15)30-14-21(28)27-22-17-9-2-5-12-20(17)31-23(22)24(29)26-19-11-4-3-10-18(19)25/h2-13H,14H2,1H3,(H,26,29)(H,27,28). The van der Waals surface area contributed by atoms with Gasteiger partial charge in [-0.3, -0.25) is 9.59 Å². The lowest BCUT2D eigenvalue weighted by molar-refractivity contribution is -0.118. The van der Waals surface area contributed by atoms with Crippen molar-refractivity contribution < 1.29 is 23.1 Å². The third-order valence-electron chi connectivity index (χ3n) is 4.55. The van der Waals surface area contributed by atoms with Crippen LogP contribution in [0.1, 0.15) is 16.1 Å². The van der Waals surface area contributed by atoms with Crippen LogP contribution in [0.4, 0.5) is 15.8 Å². The van der Waals surface area contributed by atoms with Crippen LogP contribution >= 0.6 is 0 Å². The van der Waals surface area contributed by atoms with E-state index in [1.165, 1.54) is 18.2 Å². The predicted octanol–water partition coefficient (Wildman–Crippen LogP) is 5.15. The number of halogens is 1. The van der Waals surface area contributed by atoms with Gasteiger partial charge in [0.15, 0.2) is 6.61 Å². The first kappa shape index (κ1) is 20.2. The molecule has 4 aromatic rings. The second-order valence-electron chi connectivity index (χ2n) is 6.89. The Balaban J connectivity index is 1.57. The number of rotatable bonds is 6. The van der Waals surface area contributed by atoms with Crippen molar-refractivity contribution in [3.05, 3.63) is 89.9 Å². The number of hydrogen-bond acceptors (Lipinski definition) is 4. The second kappa shape index (κ2) is 8.71. The lowest BCUT2D eigenvalue weighted by Crippen LogP contribution is -2.22. The zero-order valence-electron chi connectivity index (χ0n) is 16.6. The quantitative estimate of drug-likeness (QED) is 0.454. The summed E-state index contributed by atoms with van der Waals surface area (Å²) in [6.45, 7) is 1.67. The van der Waals surface area contributed by atoms with Crippen LogP contribution in [-0.4, -0.2) is 18.4 Å². The van der Waals surface area contributed by atoms with Crippen molar-refractivity contribution >= 4 is 34.2 Å². The number of nitrogens with one attached hydrogen (secondary N) is 2. The summed E-state index contributed by atoms with van der Waals surface area (Å²) in [5.74, 6) is -1.30. The van der Waals surface area contributed by atoms with Crippen molar-refractivity contribution in [2.75, 3.05) is 17.2 Å². The minimum absolute atomic E-state index is 0.00742. The number of para-hydroxylation sites is 2. The molecule has 0 aliphatic heterocycles. The predicted molar refractivity (Wildman–Crippen MR) is 116 cm³/mol. The molecule has 156 valence electrons. The highest BCUT2D eigenvalue weighted by Gasteiger charge is 2.23. The number of amides is 2. The van der Waals surface area contributed by atoms with E-state index in [1.54, 1.807) is 36.4 Å². The number of carbonyl (C=O) groups is 2. The van der Waals surface area contributed by atoms with E-state index < -0.39 is 17.6 Å². The van der Waals surface area contributed by atoms with Gasteiger partial charge in [0.1, 0.15) is 22.8 Å². The van der Waals surface area contributed by atoms with Crippen LogP contribution in [-0.2, 0) is 4.79 Å². The van der Waals surface area contributed by atoms with Crippen LogP contribution in [0, 0.1) is 12.7 Å².